The molecule has 6 nitrogen and oxygen atoms in total. The minimum Gasteiger partial charge on any atom is -0.349 e. The average molecular weight is 287 g/mol. The van der Waals surface area contributed by atoms with Crippen LogP contribution in [0.4, 0.5) is 4.79 Å². The first-order valence-corrected chi connectivity index (χ1v) is 7.03. The zero-order valence-corrected chi connectivity index (χ0v) is 11.7. The van der Waals surface area contributed by atoms with Crippen LogP contribution in [-0.4, -0.2) is 23.9 Å². The van der Waals surface area contributed by atoms with Gasteiger partial charge in [-0.1, -0.05) is 23.8 Å². The summed E-state index contributed by atoms with van der Waals surface area (Å²) < 4.78 is 0. The Kier molecular flexibility index (Phi) is 3.37. The number of carbonyl (C=O) groups is 3. The Balaban J connectivity index is 1.62. The van der Waals surface area contributed by atoms with Crippen molar-refractivity contribution in [3.8, 4) is 0 Å². The van der Waals surface area contributed by atoms with E-state index in [9.17, 15) is 14.4 Å². The van der Waals surface area contributed by atoms with Crippen molar-refractivity contribution >= 4 is 17.8 Å². The van der Waals surface area contributed by atoms with Crippen LogP contribution < -0.4 is 16.0 Å². The molecule has 110 valence electrons. The highest BCUT2D eigenvalue weighted by Crippen LogP contribution is 2.31. The molecule has 1 aromatic rings. The fraction of sp³-hybridized carbons (Fsp3) is 0.400. The van der Waals surface area contributed by atoms with Gasteiger partial charge in [0.1, 0.15) is 6.04 Å². The minimum atomic E-state index is -0.767. The monoisotopic (exact) mass is 287 g/mol. The lowest BCUT2D eigenvalue weighted by Gasteiger charge is -2.15. The van der Waals surface area contributed by atoms with E-state index in [2.05, 4.69) is 22.0 Å². The summed E-state index contributed by atoms with van der Waals surface area (Å²) >= 11 is 0. The quantitative estimate of drug-likeness (QED) is 0.715. The zero-order valence-electron chi connectivity index (χ0n) is 11.7. The van der Waals surface area contributed by atoms with Gasteiger partial charge in [0.2, 0.25) is 5.91 Å². The van der Waals surface area contributed by atoms with E-state index >= 15 is 0 Å². The second kappa shape index (κ2) is 5.20. The van der Waals surface area contributed by atoms with E-state index in [0.29, 0.717) is 0 Å². The number of fused-ring (bicyclic) bond motifs is 1. The summed E-state index contributed by atoms with van der Waals surface area (Å²) in [6.07, 6.45) is 1.78. The number of carbonyl (C=O) groups excluding carboxylic acids is 3. The molecule has 3 rings (SSSR count). The summed E-state index contributed by atoms with van der Waals surface area (Å²) in [5, 5.41) is 7.49. The first-order chi connectivity index (χ1) is 10.0. The molecule has 0 unspecified atom stereocenters. The Morgan fingerprint density at radius 3 is 2.90 bits per heavy atom. The number of benzene rings is 1. The maximum absolute atomic E-state index is 12.0. The van der Waals surface area contributed by atoms with Crippen molar-refractivity contribution in [3.63, 3.8) is 0 Å². The van der Waals surface area contributed by atoms with Crippen LogP contribution in [0.25, 0.3) is 0 Å². The molecule has 21 heavy (non-hydrogen) atoms. The number of imide groups is 1. The summed E-state index contributed by atoms with van der Waals surface area (Å²) in [4.78, 5) is 34.5. The molecule has 0 aromatic heterocycles. The van der Waals surface area contributed by atoms with Crippen LogP contribution in [0.3, 0.4) is 0 Å². The van der Waals surface area contributed by atoms with Crippen LogP contribution in [0.15, 0.2) is 18.2 Å². The van der Waals surface area contributed by atoms with Crippen LogP contribution in [-0.2, 0) is 16.0 Å². The van der Waals surface area contributed by atoms with Gasteiger partial charge in [-0.25, -0.2) is 4.79 Å². The average Bonchev–Trinajstić information content (AvgIpc) is 2.93. The van der Waals surface area contributed by atoms with Crippen molar-refractivity contribution in [3.05, 3.63) is 34.9 Å². The van der Waals surface area contributed by atoms with Crippen LogP contribution in [0.5, 0.6) is 0 Å². The Bertz CT molecular complexity index is 627. The lowest BCUT2D eigenvalue weighted by atomic mass is 10.1. The molecule has 2 aliphatic rings. The summed E-state index contributed by atoms with van der Waals surface area (Å²) in [6.45, 7) is 2.05. The van der Waals surface area contributed by atoms with Crippen LogP contribution in [0.1, 0.15) is 35.6 Å². The number of amides is 4. The van der Waals surface area contributed by atoms with E-state index < -0.39 is 18.0 Å². The normalized spacial score (nSPS) is 23.5. The largest absolute Gasteiger partial charge is 0.349 e. The predicted octanol–water partition coefficient (Wildman–Crippen LogP) is 0.697. The van der Waals surface area contributed by atoms with Crippen molar-refractivity contribution in [1.82, 2.24) is 16.0 Å². The van der Waals surface area contributed by atoms with E-state index in [4.69, 9.17) is 0 Å². The molecule has 1 aliphatic heterocycles. The predicted molar refractivity (Wildman–Crippen MR) is 75.5 cm³/mol. The zero-order chi connectivity index (χ0) is 15.0. The van der Waals surface area contributed by atoms with Crippen LogP contribution in [0, 0.1) is 6.92 Å². The summed E-state index contributed by atoms with van der Waals surface area (Å²) in [6, 6.07) is 4.91. The fourth-order valence-corrected chi connectivity index (χ4v) is 2.94. The van der Waals surface area contributed by atoms with Gasteiger partial charge >= 0.3 is 6.03 Å². The van der Waals surface area contributed by atoms with E-state index in [1.807, 2.05) is 19.1 Å². The van der Waals surface area contributed by atoms with E-state index in [1.165, 1.54) is 11.1 Å². The van der Waals surface area contributed by atoms with E-state index in [-0.39, 0.29) is 18.4 Å². The smallest absolute Gasteiger partial charge is 0.322 e. The van der Waals surface area contributed by atoms with Crippen LogP contribution >= 0.6 is 0 Å². The maximum Gasteiger partial charge on any atom is 0.322 e. The third-order valence-corrected chi connectivity index (χ3v) is 3.96. The second-order valence-electron chi connectivity index (χ2n) is 5.58. The molecule has 1 heterocycles. The third-order valence-electron chi connectivity index (χ3n) is 3.96. The Morgan fingerprint density at radius 2 is 2.19 bits per heavy atom. The molecule has 4 amide bonds. The highest BCUT2D eigenvalue weighted by molar-refractivity contribution is 6.05. The standard InChI is InChI=1S/C15H17N3O3/c1-8-2-4-10-9(6-8)3-5-11(10)16-13(19)7-12-14(20)18-15(21)17-12/h2,4,6,11-12H,3,5,7H2,1H3,(H,16,19)(H2,17,18,20,21)/t11-,12-/m1/s1. The first-order valence-electron chi connectivity index (χ1n) is 7.03. The third kappa shape index (κ3) is 2.74. The highest BCUT2D eigenvalue weighted by Gasteiger charge is 2.32. The lowest BCUT2D eigenvalue weighted by Crippen LogP contribution is -2.37. The number of aryl methyl sites for hydroxylation is 2. The van der Waals surface area contributed by atoms with Crippen molar-refractivity contribution < 1.29 is 14.4 Å². The van der Waals surface area contributed by atoms with Gasteiger partial charge in [-0.05, 0) is 30.9 Å². The molecule has 0 saturated carbocycles. The van der Waals surface area contributed by atoms with Gasteiger partial charge in [0.05, 0.1) is 12.5 Å². The lowest BCUT2D eigenvalue weighted by molar-refractivity contribution is -0.126. The number of nitrogens with one attached hydrogen (secondary N) is 3. The number of urea groups is 1. The van der Waals surface area contributed by atoms with Crippen molar-refractivity contribution in [2.75, 3.05) is 0 Å². The molecule has 1 fully saturated rings. The van der Waals surface area contributed by atoms with Gasteiger partial charge < -0.3 is 10.6 Å². The van der Waals surface area contributed by atoms with Gasteiger partial charge in [0, 0.05) is 0 Å². The molecule has 2 atom stereocenters. The molecule has 3 N–H and O–H groups in total. The number of hydrogen-bond donors (Lipinski definition) is 3. The summed E-state index contributed by atoms with van der Waals surface area (Å²) in [5.74, 6) is -0.673. The molecule has 0 spiro atoms. The number of hydrogen-bond acceptors (Lipinski definition) is 3. The van der Waals surface area contributed by atoms with Gasteiger partial charge in [0.15, 0.2) is 0 Å². The Morgan fingerprint density at radius 1 is 1.38 bits per heavy atom. The van der Waals surface area contributed by atoms with E-state index in [0.717, 1.165) is 18.4 Å². The van der Waals surface area contributed by atoms with Gasteiger partial charge in [-0.3, -0.25) is 14.9 Å². The van der Waals surface area contributed by atoms with Gasteiger partial charge in [-0.2, -0.15) is 0 Å². The fourth-order valence-electron chi connectivity index (χ4n) is 2.94. The van der Waals surface area contributed by atoms with E-state index in [1.54, 1.807) is 0 Å². The maximum atomic E-state index is 12.0. The topological polar surface area (TPSA) is 87.3 Å². The molecule has 1 aliphatic carbocycles. The summed E-state index contributed by atoms with van der Waals surface area (Å²) in [5.41, 5.74) is 3.63. The Labute approximate surface area is 122 Å². The summed E-state index contributed by atoms with van der Waals surface area (Å²) in [7, 11) is 0. The molecular weight excluding hydrogens is 270 g/mol. The Hall–Kier alpha value is -2.37. The van der Waals surface area contributed by atoms with Crippen molar-refractivity contribution in [2.45, 2.75) is 38.3 Å². The van der Waals surface area contributed by atoms with Gasteiger partial charge in [0.25, 0.3) is 5.91 Å². The second-order valence-corrected chi connectivity index (χ2v) is 5.58. The van der Waals surface area contributed by atoms with Crippen molar-refractivity contribution in [2.24, 2.45) is 0 Å². The molecule has 6 heteroatoms. The first kappa shape index (κ1) is 13.6. The minimum absolute atomic E-state index is 0.00624. The molecule has 1 aromatic carbocycles. The molecule has 0 bridgehead atoms. The molecule has 0 radical (unpaired) electrons. The molecule has 1 saturated heterocycles. The number of rotatable bonds is 3. The SMILES string of the molecule is Cc1ccc2c(c1)CC[C@H]2NC(=O)C[C@H]1NC(=O)NC1=O. The molecular formula is C15H17N3O3. The highest BCUT2D eigenvalue weighted by atomic mass is 16.2. The van der Waals surface area contributed by atoms with Gasteiger partial charge in [-0.15, -0.1) is 0 Å². The van der Waals surface area contributed by atoms with Crippen molar-refractivity contribution in [1.29, 1.82) is 0 Å². The van der Waals surface area contributed by atoms with Crippen LogP contribution in [0.2, 0.25) is 0 Å².